The van der Waals surface area contributed by atoms with Gasteiger partial charge >= 0.3 is 0 Å². The Bertz CT molecular complexity index is 545. The Kier molecular flexibility index (Phi) is 2.47. The highest BCUT2D eigenvalue weighted by Crippen LogP contribution is 2.27. The Morgan fingerprint density at radius 1 is 0.824 bits per heavy atom. The lowest BCUT2D eigenvalue weighted by Gasteiger charge is -1.94. The third kappa shape index (κ3) is 1.97. The van der Waals surface area contributed by atoms with Gasteiger partial charge in [-0.05, 0) is 23.8 Å². The summed E-state index contributed by atoms with van der Waals surface area (Å²) in [4.78, 5) is 4.08. The maximum atomic E-state index is 5.57. The molecule has 3 rings (SSSR count). The zero-order chi connectivity index (χ0) is 11.5. The molecule has 0 amide bonds. The second-order valence-electron chi connectivity index (χ2n) is 3.81. The summed E-state index contributed by atoms with van der Waals surface area (Å²) in [6, 6.07) is 16.1. The lowest BCUT2D eigenvalue weighted by Crippen LogP contribution is -1.74. The van der Waals surface area contributed by atoms with Crippen molar-refractivity contribution in [2.45, 2.75) is 0 Å². The molecule has 0 saturated carbocycles. The molecule has 2 heterocycles. The summed E-state index contributed by atoms with van der Waals surface area (Å²) < 4.78 is 5.57. The zero-order valence-corrected chi connectivity index (χ0v) is 9.21. The summed E-state index contributed by atoms with van der Waals surface area (Å²) in [6.45, 7) is 0. The van der Waals surface area contributed by atoms with Crippen LogP contribution in [0.2, 0.25) is 0 Å². The Morgan fingerprint density at radius 3 is 2.41 bits per heavy atom. The van der Waals surface area contributed by atoms with Crippen LogP contribution in [0.5, 0.6) is 0 Å². The summed E-state index contributed by atoms with van der Waals surface area (Å²) >= 11 is 0. The summed E-state index contributed by atoms with van der Waals surface area (Å²) in [7, 11) is 0. The van der Waals surface area contributed by atoms with Crippen molar-refractivity contribution >= 4 is 0 Å². The van der Waals surface area contributed by atoms with Crippen LogP contribution >= 0.6 is 0 Å². The molecule has 0 atom stereocenters. The molecule has 0 radical (unpaired) electrons. The van der Waals surface area contributed by atoms with E-state index in [9.17, 15) is 0 Å². The molecule has 2 aromatic heterocycles. The predicted molar refractivity (Wildman–Crippen MR) is 67.4 cm³/mol. The highest BCUT2D eigenvalue weighted by molar-refractivity contribution is 5.69. The maximum Gasteiger partial charge on any atom is 0.136 e. The van der Waals surface area contributed by atoms with E-state index < -0.39 is 0 Å². The van der Waals surface area contributed by atoms with Crippen LogP contribution in [-0.2, 0) is 0 Å². The van der Waals surface area contributed by atoms with Crippen LogP contribution in [0.4, 0.5) is 0 Å². The molecule has 0 aliphatic rings. The SMILES string of the molecule is c1ccc(-c2coc(-c3cccnc3)c2)cc1. The number of hydrogen-bond acceptors (Lipinski definition) is 2. The Labute approximate surface area is 99.6 Å². The van der Waals surface area contributed by atoms with Gasteiger partial charge in [0.2, 0.25) is 0 Å². The third-order valence-electron chi connectivity index (χ3n) is 2.65. The van der Waals surface area contributed by atoms with E-state index in [0.29, 0.717) is 0 Å². The molecule has 17 heavy (non-hydrogen) atoms. The zero-order valence-electron chi connectivity index (χ0n) is 9.21. The van der Waals surface area contributed by atoms with Gasteiger partial charge in [0.25, 0.3) is 0 Å². The average molecular weight is 221 g/mol. The van der Waals surface area contributed by atoms with E-state index in [4.69, 9.17) is 4.42 Å². The van der Waals surface area contributed by atoms with E-state index in [1.165, 1.54) is 0 Å². The van der Waals surface area contributed by atoms with Gasteiger partial charge in [-0.2, -0.15) is 0 Å². The largest absolute Gasteiger partial charge is 0.464 e. The van der Waals surface area contributed by atoms with Crippen LogP contribution in [0.3, 0.4) is 0 Å². The second kappa shape index (κ2) is 4.26. The first-order valence-electron chi connectivity index (χ1n) is 5.48. The molecule has 82 valence electrons. The average Bonchev–Trinajstić information content (AvgIpc) is 2.90. The van der Waals surface area contributed by atoms with Crippen molar-refractivity contribution in [1.29, 1.82) is 0 Å². The number of hydrogen-bond donors (Lipinski definition) is 0. The first-order chi connectivity index (χ1) is 8.43. The van der Waals surface area contributed by atoms with Crippen molar-refractivity contribution in [3.63, 3.8) is 0 Å². The van der Waals surface area contributed by atoms with E-state index in [-0.39, 0.29) is 0 Å². The second-order valence-corrected chi connectivity index (χ2v) is 3.81. The lowest BCUT2D eigenvalue weighted by molar-refractivity contribution is 0.583. The number of furan rings is 1. The fourth-order valence-electron chi connectivity index (χ4n) is 1.78. The molecule has 2 heteroatoms. The molecular weight excluding hydrogens is 210 g/mol. The Hall–Kier alpha value is -2.35. The molecule has 0 aliphatic carbocycles. The van der Waals surface area contributed by atoms with Gasteiger partial charge in [0.05, 0.1) is 6.26 Å². The van der Waals surface area contributed by atoms with E-state index in [1.807, 2.05) is 36.4 Å². The number of aromatic nitrogens is 1. The van der Waals surface area contributed by atoms with Crippen LogP contribution in [0.1, 0.15) is 0 Å². The molecule has 0 spiro atoms. The van der Waals surface area contributed by atoms with Crippen LogP contribution in [0.25, 0.3) is 22.5 Å². The van der Waals surface area contributed by atoms with Gasteiger partial charge in [0.15, 0.2) is 0 Å². The molecule has 2 nitrogen and oxygen atoms in total. The van der Waals surface area contributed by atoms with Gasteiger partial charge in [0.1, 0.15) is 5.76 Å². The summed E-state index contributed by atoms with van der Waals surface area (Å²) in [5.74, 6) is 0.844. The number of pyridine rings is 1. The molecule has 1 aromatic carbocycles. The van der Waals surface area contributed by atoms with Gasteiger partial charge in [0, 0.05) is 23.5 Å². The predicted octanol–water partition coefficient (Wildman–Crippen LogP) is 4.01. The normalized spacial score (nSPS) is 10.4. The van der Waals surface area contributed by atoms with Crippen LogP contribution in [-0.4, -0.2) is 4.98 Å². The van der Waals surface area contributed by atoms with Gasteiger partial charge in [-0.25, -0.2) is 0 Å². The molecule has 0 fully saturated rings. The monoisotopic (exact) mass is 221 g/mol. The minimum atomic E-state index is 0.844. The minimum absolute atomic E-state index is 0.844. The quantitative estimate of drug-likeness (QED) is 0.653. The van der Waals surface area contributed by atoms with Crippen LogP contribution in [0, 0.1) is 0 Å². The van der Waals surface area contributed by atoms with Crippen LogP contribution < -0.4 is 0 Å². The number of rotatable bonds is 2. The van der Waals surface area contributed by atoms with E-state index in [2.05, 4.69) is 17.1 Å². The van der Waals surface area contributed by atoms with Crippen LogP contribution in [0.15, 0.2) is 71.6 Å². The van der Waals surface area contributed by atoms with Crippen molar-refractivity contribution in [2.75, 3.05) is 0 Å². The van der Waals surface area contributed by atoms with E-state index in [1.54, 1.807) is 18.7 Å². The number of nitrogens with zero attached hydrogens (tertiary/aromatic N) is 1. The molecule has 0 unspecified atom stereocenters. The summed E-state index contributed by atoms with van der Waals surface area (Å²) in [5.41, 5.74) is 3.24. The highest BCUT2D eigenvalue weighted by Gasteiger charge is 2.05. The molecule has 0 N–H and O–H groups in total. The van der Waals surface area contributed by atoms with Gasteiger partial charge in [-0.3, -0.25) is 4.98 Å². The summed E-state index contributed by atoms with van der Waals surface area (Å²) in [5, 5.41) is 0. The van der Waals surface area contributed by atoms with Crippen molar-refractivity contribution in [2.24, 2.45) is 0 Å². The van der Waals surface area contributed by atoms with Crippen molar-refractivity contribution in [3.8, 4) is 22.5 Å². The molecule has 3 aromatic rings. The lowest BCUT2D eigenvalue weighted by atomic mass is 10.1. The summed E-state index contributed by atoms with van der Waals surface area (Å²) in [6.07, 6.45) is 5.33. The standard InChI is InChI=1S/C15H11NO/c1-2-5-12(6-3-1)14-9-15(17-11-14)13-7-4-8-16-10-13/h1-11H. The third-order valence-corrected chi connectivity index (χ3v) is 2.65. The van der Waals surface area contributed by atoms with Gasteiger partial charge < -0.3 is 4.42 Å². The number of benzene rings is 1. The Balaban J connectivity index is 1.99. The molecular formula is C15H11NO. The van der Waals surface area contributed by atoms with Crippen molar-refractivity contribution in [3.05, 3.63) is 67.2 Å². The first kappa shape index (κ1) is 9.85. The molecule has 0 aliphatic heterocycles. The first-order valence-corrected chi connectivity index (χ1v) is 5.48. The fourth-order valence-corrected chi connectivity index (χ4v) is 1.78. The topological polar surface area (TPSA) is 26.0 Å². The van der Waals surface area contributed by atoms with Crippen molar-refractivity contribution < 1.29 is 4.42 Å². The van der Waals surface area contributed by atoms with Gasteiger partial charge in [-0.1, -0.05) is 30.3 Å². The van der Waals surface area contributed by atoms with Crippen molar-refractivity contribution in [1.82, 2.24) is 4.98 Å². The van der Waals surface area contributed by atoms with E-state index >= 15 is 0 Å². The molecule has 0 saturated heterocycles. The molecule has 0 bridgehead atoms. The highest BCUT2D eigenvalue weighted by atomic mass is 16.3. The van der Waals surface area contributed by atoms with E-state index in [0.717, 1.165) is 22.5 Å². The maximum absolute atomic E-state index is 5.57. The Morgan fingerprint density at radius 2 is 1.65 bits per heavy atom. The van der Waals surface area contributed by atoms with Gasteiger partial charge in [-0.15, -0.1) is 0 Å². The fraction of sp³-hybridized carbons (Fsp3) is 0. The minimum Gasteiger partial charge on any atom is -0.464 e. The smallest absolute Gasteiger partial charge is 0.136 e.